The Bertz CT molecular complexity index is 1230. The molecule has 3 N–H and O–H groups in total. The number of likely N-dealkylation sites (N-methyl/N-ethyl adjacent to an activating group) is 1. The maximum Gasteiger partial charge on any atom is 0.407 e. The van der Waals surface area contributed by atoms with Crippen molar-refractivity contribution in [3.05, 3.63) is 78.4 Å². The molecule has 212 valence electrons. The number of esters is 1. The third-order valence-electron chi connectivity index (χ3n) is 5.95. The summed E-state index contributed by atoms with van der Waals surface area (Å²) in [5, 5.41) is 14.2. The van der Waals surface area contributed by atoms with Gasteiger partial charge >= 0.3 is 18.0 Å². The summed E-state index contributed by atoms with van der Waals surface area (Å²) >= 11 is 0. The van der Waals surface area contributed by atoms with Gasteiger partial charge in [-0.15, -0.1) is 0 Å². The molecule has 0 saturated carbocycles. The summed E-state index contributed by atoms with van der Waals surface area (Å²) in [7, 11) is 1.57. The number of alkyl carbamates (subject to hydrolysis) is 1. The second-order valence-electron chi connectivity index (χ2n) is 8.80. The summed E-state index contributed by atoms with van der Waals surface area (Å²) in [6.45, 7) is 3.38. The van der Waals surface area contributed by atoms with Crippen LogP contribution < -0.4 is 15.5 Å². The third-order valence-corrected chi connectivity index (χ3v) is 5.95. The van der Waals surface area contributed by atoms with E-state index >= 15 is 0 Å². The average Bonchev–Trinajstić information content (AvgIpc) is 3.26. The number of carbonyl (C=O) groups is 5. The highest BCUT2D eigenvalue weighted by atomic mass is 16.7. The van der Waals surface area contributed by atoms with Crippen LogP contribution in [0.15, 0.2) is 67.3 Å². The van der Waals surface area contributed by atoms with E-state index in [1.807, 2.05) is 30.3 Å². The highest BCUT2D eigenvalue weighted by Gasteiger charge is 2.37. The van der Waals surface area contributed by atoms with E-state index < -0.39 is 48.9 Å². The van der Waals surface area contributed by atoms with Crippen LogP contribution in [0.1, 0.15) is 28.8 Å². The molecule has 0 aliphatic carbocycles. The van der Waals surface area contributed by atoms with E-state index in [1.165, 1.54) is 6.08 Å². The SMILES string of the molecule is C=CCOC(=O)N[C@H]1CC(=O)OC1OCc1ccccc1.CN[C@H]1CC(=O)c2ccccc2N(CC(=O)O)C1=O. The van der Waals surface area contributed by atoms with Crippen molar-refractivity contribution < 1.29 is 43.3 Å². The molecule has 40 heavy (non-hydrogen) atoms. The first-order chi connectivity index (χ1) is 19.2. The van der Waals surface area contributed by atoms with Gasteiger partial charge in [0.15, 0.2) is 5.78 Å². The maximum atomic E-state index is 12.3. The van der Waals surface area contributed by atoms with Gasteiger partial charge in [-0.1, -0.05) is 55.1 Å². The van der Waals surface area contributed by atoms with E-state index in [4.69, 9.17) is 19.3 Å². The lowest BCUT2D eigenvalue weighted by Crippen LogP contribution is -2.46. The number of aliphatic carboxylic acids is 1. The lowest BCUT2D eigenvalue weighted by atomic mass is 10.0. The fourth-order valence-electron chi connectivity index (χ4n) is 4.04. The fraction of sp³-hybridized carbons (Fsp3) is 0.321. The van der Waals surface area contributed by atoms with Crippen LogP contribution in [0.3, 0.4) is 0 Å². The van der Waals surface area contributed by atoms with Gasteiger partial charge in [0.25, 0.3) is 0 Å². The van der Waals surface area contributed by atoms with Crippen LogP contribution in [-0.2, 0) is 35.2 Å². The van der Waals surface area contributed by atoms with Crippen LogP contribution in [-0.4, -0.2) is 73.4 Å². The van der Waals surface area contributed by atoms with Gasteiger partial charge < -0.3 is 30.0 Å². The van der Waals surface area contributed by atoms with Gasteiger partial charge in [0.2, 0.25) is 12.2 Å². The molecular weight excluding hydrogens is 522 g/mol. The van der Waals surface area contributed by atoms with Crippen molar-refractivity contribution in [2.24, 2.45) is 0 Å². The molecule has 4 rings (SSSR count). The third kappa shape index (κ3) is 8.22. The molecule has 1 fully saturated rings. The molecule has 3 atom stereocenters. The van der Waals surface area contributed by atoms with Crippen molar-refractivity contribution in [3.63, 3.8) is 0 Å². The number of benzene rings is 2. The largest absolute Gasteiger partial charge is 0.480 e. The quantitative estimate of drug-likeness (QED) is 0.310. The fourth-order valence-corrected chi connectivity index (χ4v) is 4.04. The Kier molecular flexibility index (Phi) is 10.9. The Balaban J connectivity index is 0.000000222. The number of ether oxygens (including phenoxy) is 3. The second-order valence-corrected chi connectivity index (χ2v) is 8.80. The molecule has 2 aromatic carbocycles. The Labute approximate surface area is 230 Å². The van der Waals surface area contributed by atoms with E-state index in [9.17, 15) is 24.0 Å². The minimum Gasteiger partial charge on any atom is -0.480 e. The highest BCUT2D eigenvalue weighted by molar-refractivity contribution is 6.13. The minimum atomic E-state index is -1.12. The van der Waals surface area contributed by atoms with E-state index in [-0.39, 0.29) is 25.2 Å². The van der Waals surface area contributed by atoms with Gasteiger partial charge in [-0.3, -0.25) is 24.1 Å². The van der Waals surface area contributed by atoms with E-state index in [0.29, 0.717) is 17.9 Å². The zero-order valence-corrected chi connectivity index (χ0v) is 21.9. The lowest BCUT2D eigenvalue weighted by Gasteiger charge is -2.23. The number of nitrogens with one attached hydrogen (secondary N) is 2. The van der Waals surface area contributed by atoms with Crippen LogP contribution in [0.5, 0.6) is 0 Å². The predicted octanol–water partition coefficient (Wildman–Crippen LogP) is 2.04. The van der Waals surface area contributed by atoms with E-state index in [0.717, 1.165) is 10.5 Å². The van der Waals surface area contributed by atoms with Crippen molar-refractivity contribution >= 4 is 35.4 Å². The zero-order chi connectivity index (χ0) is 29.1. The molecule has 1 saturated heterocycles. The van der Waals surface area contributed by atoms with E-state index in [2.05, 4.69) is 17.2 Å². The number of carboxylic acids is 1. The van der Waals surface area contributed by atoms with Gasteiger partial charge in [-0.05, 0) is 24.7 Å². The molecule has 2 aliphatic heterocycles. The standard InChI is InChI=1S/C15H17NO5.C13H14N2O4/c1-2-8-19-15(18)16-12-9-13(17)21-14(12)20-10-11-6-4-3-5-7-11;1-14-9-6-11(16)8-4-2-3-5-10(8)15(13(9)19)7-12(17)18/h2-7,12,14H,1,8-10H2,(H,16,18);2-5,9,14H,6-7H2,1H3,(H,17,18)/t12-,14?;9-/m00/s1. The predicted molar refractivity (Wildman–Crippen MR) is 142 cm³/mol. The number of hydrogen-bond acceptors (Lipinski definition) is 9. The Morgan fingerprint density at radius 1 is 1.10 bits per heavy atom. The van der Waals surface area contributed by atoms with Crippen molar-refractivity contribution in [2.45, 2.75) is 37.8 Å². The molecule has 1 unspecified atom stereocenters. The number of hydrogen-bond donors (Lipinski definition) is 3. The zero-order valence-electron chi connectivity index (χ0n) is 21.9. The number of cyclic esters (lactones) is 1. The number of carbonyl (C=O) groups excluding carboxylic acids is 4. The molecule has 2 aliphatic rings. The Hall–Kier alpha value is -4.55. The van der Waals surface area contributed by atoms with Crippen LogP contribution >= 0.6 is 0 Å². The topological polar surface area (TPSA) is 161 Å². The van der Waals surface area contributed by atoms with Crippen molar-refractivity contribution in [3.8, 4) is 0 Å². The number of fused-ring (bicyclic) bond motifs is 1. The number of ketones is 1. The van der Waals surface area contributed by atoms with Crippen molar-refractivity contribution in [1.29, 1.82) is 0 Å². The van der Waals surface area contributed by atoms with Crippen molar-refractivity contribution in [2.75, 3.05) is 25.1 Å². The summed E-state index contributed by atoms with van der Waals surface area (Å²) < 4.78 is 15.4. The second kappa shape index (κ2) is 14.6. The summed E-state index contributed by atoms with van der Waals surface area (Å²) in [5.74, 6) is -2.10. The van der Waals surface area contributed by atoms with Crippen LogP contribution in [0.4, 0.5) is 10.5 Å². The number of anilines is 1. The normalized spacial score (nSPS) is 19.9. The molecular formula is C28H31N3O9. The molecule has 12 heteroatoms. The number of rotatable bonds is 9. The first kappa shape index (κ1) is 30.0. The van der Waals surface area contributed by atoms with Gasteiger partial charge in [-0.2, -0.15) is 0 Å². The summed E-state index contributed by atoms with van der Waals surface area (Å²) in [6.07, 6.45) is 0.102. The van der Waals surface area contributed by atoms with Crippen LogP contribution in [0.2, 0.25) is 0 Å². The first-order valence-electron chi connectivity index (χ1n) is 12.4. The smallest absolute Gasteiger partial charge is 0.407 e. The number of nitrogens with zero attached hydrogens (tertiary/aromatic N) is 1. The molecule has 0 spiro atoms. The summed E-state index contributed by atoms with van der Waals surface area (Å²) in [4.78, 5) is 59.2. The number of amides is 2. The molecule has 2 amide bonds. The van der Waals surface area contributed by atoms with Crippen LogP contribution in [0.25, 0.3) is 0 Å². The first-order valence-corrected chi connectivity index (χ1v) is 12.4. The molecule has 0 aromatic heterocycles. The summed E-state index contributed by atoms with van der Waals surface area (Å²) in [5.41, 5.74) is 1.70. The van der Waals surface area contributed by atoms with Gasteiger partial charge in [-0.25, -0.2) is 4.79 Å². The lowest BCUT2D eigenvalue weighted by molar-refractivity contribution is -0.167. The molecule has 0 bridgehead atoms. The molecule has 2 heterocycles. The number of carboxylic acid groups (broad SMARTS) is 1. The minimum absolute atomic E-state index is 0.0302. The molecule has 12 nitrogen and oxygen atoms in total. The maximum absolute atomic E-state index is 12.3. The molecule has 2 aromatic rings. The van der Waals surface area contributed by atoms with Gasteiger partial charge in [0, 0.05) is 12.0 Å². The Morgan fingerprint density at radius 3 is 2.48 bits per heavy atom. The average molecular weight is 554 g/mol. The Morgan fingerprint density at radius 2 is 1.80 bits per heavy atom. The number of para-hydroxylation sites is 1. The van der Waals surface area contributed by atoms with E-state index in [1.54, 1.807) is 31.3 Å². The van der Waals surface area contributed by atoms with Crippen molar-refractivity contribution in [1.82, 2.24) is 10.6 Å². The van der Waals surface area contributed by atoms with Crippen LogP contribution in [0, 0.1) is 0 Å². The monoisotopic (exact) mass is 553 g/mol. The molecule has 0 radical (unpaired) electrons. The van der Waals surface area contributed by atoms with Gasteiger partial charge in [0.1, 0.15) is 19.2 Å². The number of Topliss-reactive ketones (excluding diaryl/α,β-unsaturated/α-hetero) is 1. The highest BCUT2D eigenvalue weighted by Crippen LogP contribution is 2.26. The van der Waals surface area contributed by atoms with Gasteiger partial charge in [0.05, 0.1) is 24.8 Å². The summed E-state index contributed by atoms with van der Waals surface area (Å²) in [6, 6.07) is 14.8.